The molecular weight excluding hydrogens is 318 g/mol. The van der Waals surface area contributed by atoms with Gasteiger partial charge in [-0.2, -0.15) is 5.10 Å². The Hall–Kier alpha value is -2.14. The van der Waals surface area contributed by atoms with E-state index in [9.17, 15) is 4.79 Å². The van der Waals surface area contributed by atoms with Crippen LogP contribution in [0.2, 0.25) is 0 Å². The molecule has 2 N–H and O–H groups in total. The van der Waals surface area contributed by atoms with Crippen molar-refractivity contribution in [3.8, 4) is 0 Å². The number of benzene rings is 2. The summed E-state index contributed by atoms with van der Waals surface area (Å²) in [5, 5.41) is 10.8. The van der Waals surface area contributed by atoms with E-state index in [1.807, 2.05) is 43.3 Å². The summed E-state index contributed by atoms with van der Waals surface area (Å²) in [4.78, 5) is 12.3. The maximum absolute atomic E-state index is 12.3. The molecule has 5 heteroatoms. The Morgan fingerprint density at radius 2 is 2.05 bits per heavy atom. The molecule has 1 amide bonds. The Bertz CT molecular complexity index is 795. The van der Waals surface area contributed by atoms with Crippen LogP contribution in [-0.4, -0.2) is 16.1 Å². The van der Waals surface area contributed by atoms with E-state index in [-0.39, 0.29) is 5.91 Å². The van der Waals surface area contributed by atoms with Gasteiger partial charge in [-0.15, -0.1) is 0 Å². The van der Waals surface area contributed by atoms with E-state index >= 15 is 0 Å². The molecule has 0 fully saturated rings. The van der Waals surface area contributed by atoms with Crippen LogP contribution in [-0.2, 0) is 0 Å². The topological polar surface area (TPSA) is 57.8 Å². The second-order valence-electron chi connectivity index (χ2n) is 4.53. The highest BCUT2D eigenvalue weighted by molar-refractivity contribution is 9.10. The minimum atomic E-state index is -0.160. The van der Waals surface area contributed by atoms with E-state index in [2.05, 4.69) is 31.4 Å². The van der Waals surface area contributed by atoms with Crippen molar-refractivity contribution >= 4 is 38.6 Å². The molecule has 1 aromatic heterocycles. The van der Waals surface area contributed by atoms with Crippen LogP contribution in [0.15, 0.2) is 46.9 Å². The summed E-state index contributed by atoms with van der Waals surface area (Å²) in [5.74, 6) is 0.389. The van der Waals surface area contributed by atoms with Crippen LogP contribution in [0.3, 0.4) is 0 Å². The van der Waals surface area contributed by atoms with Gasteiger partial charge >= 0.3 is 0 Å². The molecule has 0 saturated heterocycles. The predicted molar refractivity (Wildman–Crippen MR) is 82.9 cm³/mol. The molecule has 0 aliphatic rings. The van der Waals surface area contributed by atoms with Gasteiger partial charge in [0, 0.05) is 15.4 Å². The first-order chi connectivity index (χ1) is 9.65. The van der Waals surface area contributed by atoms with Crippen molar-refractivity contribution < 1.29 is 4.79 Å². The summed E-state index contributed by atoms with van der Waals surface area (Å²) < 4.78 is 0.955. The number of halogens is 1. The van der Waals surface area contributed by atoms with Crippen LogP contribution in [0.5, 0.6) is 0 Å². The van der Waals surface area contributed by atoms with Gasteiger partial charge in [0.2, 0.25) is 0 Å². The molecule has 1 heterocycles. The highest BCUT2D eigenvalue weighted by atomic mass is 79.9. The Morgan fingerprint density at radius 1 is 1.25 bits per heavy atom. The van der Waals surface area contributed by atoms with E-state index in [1.54, 1.807) is 6.07 Å². The van der Waals surface area contributed by atoms with E-state index in [1.165, 1.54) is 0 Å². The summed E-state index contributed by atoms with van der Waals surface area (Å²) in [6.07, 6.45) is 0. The lowest BCUT2D eigenvalue weighted by Gasteiger charge is -2.06. The third-order valence-corrected chi connectivity index (χ3v) is 3.63. The number of hydrogen-bond donors (Lipinski definition) is 2. The number of para-hydroxylation sites is 1. The lowest BCUT2D eigenvalue weighted by atomic mass is 10.1. The Labute approximate surface area is 124 Å². The first-order valence-corrected chi connectivity index (χ1v) is 6.95. The molecular formula is C15H12BrN3O. The standard InChI is InChI=1S/C15H12BrN3O/c1-9-8-10(16)6-7-11(9)15(20)17-14-12-4-2-3-5-13(12)18-19-14/h2-8H,1H3,(H2,17,18,19,20). The van der Waals surface area contributed by atoms with Crippen molar-refractivity contribution in [3.05, 3.63) is 58.1 Å². The van der Waals surface area contributed by atoms with Crippen molar-refractivity contribution in [1.82, 2.24) is 10.2 Å². The van der Waals surface area contributed by atoms with Gasteiger partial charge in [0.25, 0.3) is 5.91 Å². The quantitative estimate of drug-likeness (QED) is 0.749. The molecule has 4 nitrogen and oxygen atoms in total. The maximum atomic E-state index is 12.3. The van der Waals surface area contributed by atoms with Crippen molar-refractivity contribution in [2.45, 2.75) is 6.92 Å². The number of carbonyl (C=O) groups excluding carboxylic acids is 1. The maximum Gasteiger partial charge on any atom is 0.257 e. The van der Waals surface area contributed by atoms with Crippen molar-refractivity contribution in [2.75, 3.05) is 5.32 Å². The number of hydrogen-bond acceptors (Lipinski definition) is 2. The molecule has 0 aliphatic carbocycles. The van der Waals surface area contributed by atoms with E-state index in [0.29, 0.717) is 11.4 Å². The van der Waals surface area contributed by atoms with Crippen LogP contribution in [0.25, 0.3) is 10.9 Å². The molecule has 0 atom stereocenters. The van der Waals surface area contributed by atoms with Gasteiger partial charge in [0.15, 0.2) is 5.82 Å². The van der Waals surface area contributed by atoms with Gasteiger partial charge in [0.1, 0.15) is 0 Å². The third-order valence-electron chi connectivity index (χ3n) is 3.14. The zero-order valence-corrected chi connectivity index (χ0v) is 12.4. The summed E-state index contributed by atoms with van der Waals surface area (Å²) in [6.45, 7) is 1.91. The average molecular weight is 330 g/mol. The van der Waals surface area contributed by atoms with Crippen molar-refractivity contribution in [1.29, 1.82) is 0 Å². The van der Waals surface area contributed by atoms with Crippen molar-refractivity contribution in [2.24, 2.45) is 0 Å². The van der Waals surface area contributed by atoms with Crippen LogP contribution < -0.4 is 5.32 Å². The van der Waals surface area contributed by atoms with Crippen LogP contribution in [0, 0.1) is 6.92 Å². The third kappa shape index (κ3) is 2.32. The predicted octanol–water partition coefficient (Wildman–Crippen LogP) is 3.89. The first-order valence-electron chi connectivity index (χ1n) is 6.16. The minimum Gasteiger partial charge on any atom is -0.305 e. The molecule has 0 unspecified atom stereocenters. The summed E-state index contributed by atoms with van der Waals surface area (Å²) in [7, 11) is 0. The normalized spacial score (nSPS) is 10.7. The average Bonchev–Trinajstić information content (AvgIpc) is 2.82. The summed E-state index contributed by atoms with van der Waals surface area (Å²) >= 11 is 3.39. The molecule has 3 aromatic rings. The summed E-state index contributed by atoms with van der Waals surface area (Å²) in [6, 6.07) is 13.2. The number of amides is 1. The summed E-state index contributed by atoms with van der Waals surface area (Å²) in [5.41, 5.74) is 2.45. The zero-order valence-electron chi connectivity index (χ0n) is 10.8. The number of aromatic amines is 1. The van der Waals surface area contributed by atoms with Gasteiger partial charge in [-0.05, 0) is 42.8 Å². The smallest absolute Gasteiger partial charge is 0.257 e. The van der Waals surface area contributed by atoms with Crippen LogP contribution in [0.1, 0.15) is 15.9 Å². The molecule has 0 saturated carbocycles. The Morgan fingerprint density at radius 3 is 2.85 bits per heavy atom. The number of carbonyl (C=O) groups is 1. The number of aryl methyl sites for hydroxylation is 1. The van der Waals surface area contributed by atoms with Gasteiger partial charge < -0.3 is 5.32 Å². The van der Waals surface area contributed by atoms with Crippen LogP contribution >= 0.6 is 15.9 Å². The van der Waals surface area contributed by atoms with Crippen molar-refractivity contribution in [3.63, 3.8) is 0 Å². The highest BCUT2D eigenvalue weighted by Gasteiger charge is 2.12. The van der Waals surface area contributed by atoms with Gasteiger partial charge in [-0.3, -0.25) is 9.89 Å². The number of anilines is 1. The van der Waals surface area contributed by atoms with E-state index < -0.39 is 0 Å². The van der Waals surface area contributed by atoms with Gasteiger partial charge in [-0.1, -0.05) is 28.1 Å². The minimum absolute atomic E-state index is 0.160. The number of nitrogens with one attached hydrogen (secondary N) is 2. The zero-order chi connectivity index (χ0) is 14.1. The first kappa shape index (κ1) is 12.9. The lowest BCUT2D eigenvalue weighted by molar-refractivity contribution is 0.102. The molecule has 0 bridgehead atoms. The monoisotopic (exact) mass is 329 g/mol. The Balaban J connectivity index is 1.92. The largest absolute Gasteiger partial charge is 0.305 e. The molecule has 0 radical (unpaired) electrons. The number of H-pyrrole nitrogens is 1. The van der Waals surface area contributed by atoms with Crippen LogP contribution in [0.4, 0.5) is 5.82 Å². The van der Waals surface area contributed by atoms with E-state index in [4.69, 9.17) is 0 Å². The molecule has 3 rings (SSSR count). The second kappa shape index (κ2) is 5.09. The molecule has 0 spiro atoms. The Kier molecular flexibility index (Phi) is 3.28. The number of rotatable bonds is 2. The fourth-order valence-electron chi connectivity index (χ4n) is 2.12. The van der Waals surface area contributed by atoms with E-state index in [0.717, 1.165) is 20.9 Å². The lowest BCUT2D eigenvalue weighted by Crippen LogP contribution is -2.13. The molecule has 100 valence electrons. The fourth-order valence-corrected chi connectivity index (χ4v) is 2.59. The number of nitrogens with zero attached hydrogens (tertiary/aromatic N) is 1. The molecule has 2 aromatic carbocycles. The van der Waals surface area contributed by atoms with Gasteiger partial charge in [0.05, 0.1) is 5.52 Å². The number of fused-ring (bicyclic) bond motifs is 1. The molecule has 0 aliphatic heterocycles. The molecule has 20 heavy (non-hydrogen) atoms. The fraction of sp³-hybridized carbons (Fsp3) is 0.0667. The second-order valence-corrected chi connectivity index (χ2v) is 5.45. The van der Waals surface area contributed by atoms with Gasteiger partial charge in [-0.25, -0.2) is 0 Å². The highest BCUT2D eigenvalue weighted by Crippen LogP contribution is 2.21. The SMILES string of the molecule is Cc1cc(Br)ccc1C(=O)Nc1n[nH]c2ccccc12. The number of aromatic nitrogens is 2.